The van der Waals surface area contributed by atoms with E-state index in [4.69, 9.17) is 0 Å². The second kappa shape index (κ2) is 13.0. The lowest BCUT2D eigenvalue weighted by atomic mass is 10.2. The van der Waals surface area contributed by atoms with E-state index < -0.39 is 0 Å². The average Bonchev–Trinajstić information content (AvgIpc) is 2.45. The fraction of sp³-hybridized carbons (Fsp3) is 0.400. The molecule has 0 aliphatic carbocycles. The monoisotopic (exact) mass is 251 g/mol. The molecule has 0 spiro atoms. The number of benzene rings is 1. The highest BCUT2D eigenvalue weighted by molar-refractivity contribution is 7.80. The van der Waals surface area contributed by atoms with Crippen molar-refractivity contribution in [2.75, 3.05) is 0 Å². The van der Waals surface area contributed by atoms with Crippen LogP contribution < -0.4 is 0 Å². The van der Waals surface area contributed by atoms with Crippen molar-refractivity contribution in [2.45, 2.75) is 46.4 Å². The molecule has 2 heteroatoms. The maximum Gasteiger partial charge on any atom is 0.0346 e. The highest BCUT2D eigenvalue weighted by atomic mass is 32.1. The normalized spacial score (nSPS) is 7.71. The van der Waals surface area contributed by atoms with E-state index in [1.54, 1.807) is 6.20 Å². The zero-order valence-electron chi connectivity index (χ0n) is 11.9. The Balaban J connectivity index is 0. The summed E-state index contributed by atoms with van der Waals surface area (Å²) < 4.78 is 0. The molecule has 1 aromatic heterocycles. The van der Waals surface area contributed by atoms with Crippen LogP contribution in [-0.2, 0) is 0 Å². The van der Waals surface area contributed by atoms with E-state index in [1.807, 2.05) is 72.0 Å². The molecule has 1 nitrogen and oxygen atoms in total. The molecule has 0 aliphatic rings. The highest BCUT2D eigenvalue weighted by Gasteiger charge is 1.90. The predicted octanol–water partition coefficient (Wildman–Crippen LogP) is 5.60. The van der Waals surface area contributed by atoms with E-state index in [9.17, 15) is 0 Å². The summed E-state index contributed by atoms with van der Waals surface area (Å²) in [6.07, 6.45) is 3.63. The number of rotatable bonds is 0. The van der Waals surface area contributed by atoms with Gasteiger partial charge in [0, 0.05) is 22.7 Å². The average molecular weight is 251 g/mol. The molecular formula is C15H25NS. The Morgan fingerprint density at radius 2 is 1.41 bits per heavy atom. The SMILES string of the molecule is CC.CC.CC.Sc1ccc2ccncc2c1. The van der Waals surface area contributed by atoms with E-state index >= 15 is 0 Å². The molecule has 17 heavy (non-hydrogen) atoms. The van der Waals surface area contributed by atoms with Crippen molar-refractivity contribution in [1.82, 2.24) is 4.98 Å². The summed E-state index contributed by atoms with van der Waals surface area (Å²) in [5.74, 6) is 0. The minimum atomic E-state index is 0.977. The van der Waals surface area contributed by atoms with Gasteiger partial charge in [-0.05, 0) is 23.6 Å². The van der Waals surface area contributed by atoms with E-state index in [0.29, 0.717) is 0 Å². The van der Waals surface area contributed by atoms with Crippen LogP contribution in [0.2, 0.25) is 0 Å². The fourth-order valence-electron chi connectivity index (χ4n) is 1.07. The summed E-state index contributed by atoms with van der Waals surface area (Å²) in [4.78, 5) is 5.00. The van der Waals surface area contributed by atoms with Gasteiger partial charge in [0.05, 0.1) is 0 Å². The van der Waals surface area contributed by atoms with Gasteiger partial charge in [-0.15, -0.1) is 12.6 Å². The van der Waals surface area contributed by atoms with Crippen molar-refractivity contribution < 1.29 is 0 Å². The number of aromatic nitrogens is 1. The molecule has 96 valence electrons. The molecule has 0 aliphatic heterocycles. The Morgan fingerprint density at radius 1 is 0.824 bits per heavy atom. The van der Waals surface area contributed by atoms with Crippen LogP contribution in [0.5, 0.6) is 0 Å². The smallest absolute Gasteiger partial charge is 0.0346 e. The van der Waals surface area contributed by atoms with E-state index in [2.05, 4.69) is 17.6 Å². The van der Waals surface area contributed by atoms with E-state index in [0.717, 1.165) is 10.3 Å². The molecular weight excluding hydrogens is 226 g/mol. The van der Waals surface area contributed by atoms with Crippen molar-refractivity contribution in [2.24, 2.45) is 0 Å². The van der Waals surface area contributed by atoms with Crippen LogP contribution in [0.3, 0.4) is 0 Å². The first-order valence-electron chi connectivity index (χ1n) is 6.39. The third kappa shape index (κ3) is 7.01. The van der Waals surface area contributed by atoms with Gasteiger partial charge in [0.25, 0.3) is 0 Å². The molecule has 0 unspecified atom stereocenters. The Morgan fingerprint density at radius 3 is 2.00 bits per heavy atom. The maximum atomic E-state index is 4.23. The van der Waals surface area contributed by atoms with Gasteiger partial charge in [0.2, 0.25) is 0 Å². The number of nitrogens with zero attached hydrogens (tertiary/aromatic N) is 1. The zero-order chi connectivity index (χ0) is 13.7. The van der Waals surface area contributed by atoms with Crippen LogP contribution in [0.15, 0.2) is 41.6 Å². The first-order chi connectivity index (χ1) is 8.36. The lowest BCUT2D eigenvalue weighted by Crippen LogP contribution is -1.74. The largest absolute Gasteiger partial charge is 0.264 e. The van der Waals surface area contributed by atoms with Crippen LogP contribution in [-0.4, -0.2) is 4.98 Å². The molecule has 1 aromatic carbocycles. The molecule has 0 saturated carbocycles. The topological polar surface area (TPSA) is 12.9 Å². The van der Waals surface area contributed by atoms with Crippen molar-refractivity contribution >= 4 is 23.4 Å². The van der Waals surface area contributed by atoms with Gasteiger partial charge >= 0.3 is 0 Å². The first-order valence-corrected chi connectivity index (χ1v) is 6.84. The fourth-order valence-corrected chi connectivity index (χ4v) is 1.29. The first kappa shape index (κ1) is 18.3. The van der Waals surface area contributed by atoms with Gasteiger partial charge in [0.15, 0.2) is 0 Å². The maximum absolute atomic E-state index is 4.23. The number of pyridine rings is 1. The summed E-state index contributed by atoms with van der Waals surface area (Å²) in [7, 11) is 0. The van der Waals surface area contributed by atoms with E-state index in [1.165, 1.54) is 5.39 Å². The lowest BCUT2D eigenvalue weighted by molar-refractivity contribution is 1.35. The number of fused-ring (bicyclic) bond motifs is 1. The minimum absolute atomic E-state index is 0.977. The summed E-state index contributed by atoms with van der Waals surface area (Å²) in [5, 5.41) is 2.35. The Kier molecular flexibility index (Phi) is 14.1. The molecule has 0 radical (unpaired) electrons. The summed E-state index contributed by atoms with van der Waals surface area (Å²) in [6, 6.07) is 8.01. The van der Waals surface area contributed by atoms with Crippen LogP contribution in [0, 0.1) is 0 Å². The van der Waals surface area contributed by atoms with E-state index in [-0.39, 0.29) is 0 Å². The van der Waals surface area contributed by atoms with Crippen LogP contribution >= 0.6 is 12.6 Å². The molecule has 0 atom stereocenters. The van der Waals surface area contributed by atoms with Gasteiger partial charge in [-0.1, -0.05) is 47.6 Å². The van der Waals surface area contributed by atoms with Crippen molar-refractivity contribution in [3.05, 3.63) is 36.7 Å². The highest BCUT2D eigenvalue weighted by Crippen LogP contribution is 2.15. The number of hydrogen-bond acceptors (Lipinski definition) is 2. The molecule has 2 rings (SSSR count). The summed E-state index contributed by atoms with van der Waals surface area (Å²) in [5.41, 5.74) is 0. The molecule has 0 bridgehead atoms. The quantitative estimate of drug-likeness (QED) is 0.601. The van der Waals surface area contributed by atoms with Gasteiger partial charge in [-0.2, -0.15) is 0 Å². The predicted molar refractivity (Wildman–Crippen MR) is 83.0 cm³/mol. The molecule has 2 aromatic rings. The molecule has 1 heterocycles. The third-order valence-corrected chi connectivity index (χ3v) is 1.90. The van der Waals surface area contributed by atoms with Crippen molar-refractivity contribution in [1.29, 1.82) is 0 Å². The Bertz CT molecular complexity index is 385. The van der Waals surface area contributed by atoms with Gasteiger partial charge in [-0.3, -0.25) is 4.98 Å². The molecule has 0 amide bonds. The van der Waals surface area contributed by atoms with Gasteiger partial charge in [-0.25, -0.2) is 0 Å². The minimum Gasteiger partial charge on any atom is -0.264 e. The van der Waals surface area contributed by atoms with Crippen LogP contribution in [0.4, 0.5) is 0 Å². The number of hydrogen-bond donors (Lipinski definition) is 1. The second-order valence-corrected chi connectivity index (χ2v) is 2.92. The summed E-state index contributed by atoms with van der Waals surface area (Å²) in [6.45, 7) is 12.0. The van der Waals surface area contributed by atoms with Crippen LogP contribution in [0.25, 0.3) is 10.8 Å². The Labute approximate surface area is 112 Å². The van der Waals surface area contributed by atoms with Gasteiger partial charge < -0.3 is 0 Å². The standard InChI is InChI=1S/C9H7NS.3C2H6/c11-9-2-1-7-3-4-10-6-8(7)5-9;3*1-2/h1-6,11H;3*1-2H3. The molecule has 0 fully saturated rings. The third-order valence-electron chi connectivity index (χ3n) is 1.62. The van der Waals surface area contributed by atoms with Crippen molar-refractivity contribution in [3.8, 4) is 0 Å². The van der Waals surface area contributed by atoms with Crippen molar-refractivity contribution in [3.63, 3.8) is 0 Å². The molecule has 0 saturated heterocycles. The van der Waals surface area contributed by atoms with Crippen LogP contribution in [0.1, 0.15) is 41.5 Å². The number of thiol groups is 1. The molecule has 0 N–H and O–H groups in total. The second-order valence-electron chi connectivity index (χ2n) is 2.41. The van der Waals surface area contributed by atoms with Gasteiger partial charge in [0.1, 0.15) is 0 Å². The summed E-state index contributed by atoms with van der Waals surface area (Å²) >= 11 is 4.23. The zero-order valence-corrected chi connectivity index (χ0v) is 12.8. The lowest BCUT2D eigenvalue weighted by Gasteiger charge is -1.95. The Hall–Kier alpha value is -1.02.